The Hall–Kier alpha value is -1.59. The average molecular weight is 294 g/mol. The molecule has 0 saturated carbocycles. The predicted molar refractivity (Wildman–Crippen MR) is 83.3 cm³/mol. The molecule has 5 heteroatoms. The van der Waals surface area contributed by atoms with Crippen LogP contribution in [-0.2, 0) is 4.79 Å². The van der Waals surface area contributed by atoms with Crippen molar-refractivity contribution in [3.05, 3.63) is 30.3 Å². The quantitative estimate of drug-likeness (QED) is 0.758. The zero-order chi connectivity index (χ0) is 15.9. The van der Waals surface area contributed by atoms with E-state index in [4.69, 9.17) is 4.74 Å². The maximum Gasteiger partial charge on any atom is 0.261 e. The molecule has 0 aliphatic carbocycles. The maximum absolute atomic E-state index is 12.2. The van der Waals surface area contributed by atoms with Gasteiger partial charge in [-0.1, -0.05) is 25.1 Å². The number of hydrogen-bond donors (Lipinski definition) is 2. The maximum atomic E-state index is 12.2. The lowest BCUT2D eigenvalue weighted by molar-refractivity contribution is -0.129. The molecule has 1 rings (SSSR count). The third-order valence-electron chi connectivity index (χ3n) is 2.99. The van der Waals surface area contributed by atoms with Crippen LogP contribution in [0.25, 0.3) is 0 Å². The second-order valence-corrected chi connectivity index (χ2v) is 5.78. The van der Waals surface area contributed by atoms with Crippen molar-refractivity contribution in [2.75, 3.05) is 27.2 Å². The van der Waals surface area contributed by atoms with E-state index in [1.807, 2.05) is 56.3 Å². The average Bonchev–Trinajstić information content (AvgIpc) is 2.42. The van der Waals surface area contributed by atoms with Crippen LogP contribution in [0.2, 0.25) is 0 Å². The summed E-state index contributed by atoms with van der Waals surface area (Å²) in [5.41, 5.74) is -0.968. The normalized spacial score (nSPS) is 15.3. The van der Waals surface area contributed by atoms with Gasteiger partial charge < -0.3 is 20.1 Å². The lowest BCUT2D eigenvalue weighted by Gasteiger charge is -2.28. The summed E-state index contributed by atoms with van der Waals surface area (Å²) in [4.78, 5) is 14.0. The number of carbonyl (C=O) groups is 1. The molecule has 0 saturated heterocycles. The number of amides is 1. The number of carbonyl (C=O) groups excluding carboxylic acids is 1. The molecule has 0 bridgehead atoms. The van der Waals surface area contributed by atoms with Gasteiger partial charge in [0.2, 0.25) is 0 Å². The van der Waals surface area contributed by atoms with Crippen molar-refractivity contribution in [3.8, 4) is 5.75 Å². The molecule has 118 valence electrons. The fourth-order valence-electron chi connectivity index (χ4n) is 2.11. The molecule has 0 fully saturated rings. The van der Waals surface area contributed by atoms with Gasteiger partial charge in [-0.05, 0) is 39.6 Å². The van der Waals surface area contributed by atoms with E-state index in [2.05, 4.69) is 5.32 Å². The Morgan fingerprint density at radius 3 is 2.52 bits per heavy atom. The summed E-state index contributed by atoms with van der Waals surface area (Å²) in [6.07, 6.45) is 0.0128. The van der Waals surface area contributed by atoms with Crippen molar-refractivity contribution in [2.24, 2.45) is 0 Å². The molecule has 1 aromatic carbocycles. The number of rotatable bonds is 8. The van der Waals surface area contributed by atoms with Crippen LogP contribution in [0.5, 0.6) is 5.75 Å². The van der Waals surface area contributed by atoms with Gasteiger partial charge in [0.15, 0.2) is 6.10 Å². The molecular formula is C16H26N2O3. The van der Waals surface area contributed by atoms with Gasteiger partial charge in [-0.25, -0.2) is 0 Å². The first-order valence-electron chi connectivity index (χ1n) is 7.20. The summed E-state index contributed by atoms with van der Waals surface area (Å²) in [6, 6.07) is 9.26. The highest BCUT2D eigenvalue weighted by atomic mass is 16.5. The molecule has 1 aromatic rings. The molecule has 2 atom stereocenters. The second-order valence-electron chi connectivity index (χ2n) is 5.78. The van der Waals surface area contributed by atoms with Gasteiger partial charge in [-0.3, -0.25) is 4.79 Å². The Kier molecular flexibility index (Phi) is 6.65. The molecule has 2 N–H and O–H groups in total. The van der Waals surface area contributed by atoms with E-state index in [1.54, 1.807) is 6.92 Å². The Labute approximate surface area is 126 Å². The number of hydrogen-bond acceptors (Lipinski definition) is 4. The first-order valence-corrected chi connectivity index (χ1v) is 7.20. The Bertz CT molecular complexity index is 432. The highest BCUT2D eigenvalue weighted by Crippen LogP contribution is 2.13. The van der Waals surface area contributed by atoms with Crippen LogP contribution in [0.1, 0.15) is 20.3 Å². The van der Waals surface area contributed by atoms with E-state index in [0.29, 0.717) is 18.7 Å². The summed E-state index contributed by atoms with van der Waals surface area (Å²) in [6.45, 7) is 4.26. The van der Waals surface area contributed by atoms with Crippen LogP contribution in [0.3, 0.4) is 0 Å². The van der Waals surface area contributed by atoms with Gasteiger partial charge in [-0.15, -0.1) is 0 Å². The SMILES string of the molecule is CCC(Oc1ccccc1)C(=O)NCC(C)(O)CN(C)C. The van der Waals surface area contributed by atoms with Crippen LogP contribution in [0, 0.1) is 0 Å². The zero-order valence-corrected chi connectivity index (χ0v) is 13.3. The largest absolute Gasteiger partial charge is 0.481 e. The topological polar surface area (TPSA) is 61.8 Å². The fourth-order valence-corrected chi connectivity index (χ4v) is 2.11. The van der Waals surface area contributed by atoms with E-state index < -0.39 is 11.7 Å². The molecule has 0 aliphatic rings. The van der Waals surface area contributed by atoms with Crippen molar-refractivity contribution in [3.63, 3.8) is 0 Å². The number of benzene rings is 1. The molecule has 0 spiro atoms. The molecule has 0 heterocycles. The first kappa shape index (κ1) is 17.5. The fraction of sp³-hybridized carbons (Fsp3) is 0.562. The van der Waals surface area contributed by atoms with Crippen molar-refractivity contribution in [1.29, 1.82) is 0 Å². The number of aliphatic hydroxyl groups is 1. The van der Waals surface area contributed by atoms with Gasteiger partial charge in [-0.2, -0.15) is 0 Å². The molecule has 21 heavy (non-hydrogen) atoms. The summed E-state index contributed by atoms with van der Waals surface area (Å²) < 4.78 is 5.67. The molecule has 0 aromatic heterocycles. The number of para-hydroxylation sites is 1. The molecule has 2 unspecified atom stereocenters. The third kappa shape index (κ3) is 6.60. The van der Waals surface area contributed by atoms with Crippen LogP contribution in [-0.4, -0.2) is 54.8 Å². The lowest BCUT2D eigenvalue weighted by Crippen LogP contribution is -2.49. The van der Waals surface area contributed by atoms with E-state index >= 15 is 0 Å². The zero-order valence-electron chi connectivity index (χ0n) is 13.3. The lowest BCUT2D eigenvalue weighted by atomic mass is 10.1. The molecule has 5 nitrogen and oxygen atoms in total. The summed E-state index contributed by atoms with van der Waals surface area (Å²) >= 11 is 0. The molecular weight excluding hydrogens is 268 g/mol. The van der Waals surface area contributed by atoms with Crippen LogP contribution in [0.4, 0.5) is 0 Å². The molecule has 1 amide bonds. The highest BCUT2D eigenvalue weighted by molar-refractivity contribution is 5.81. The van der Waals surface area contributed by atoms with E-state index in [0.717, 1.165) is 0 Å². The first-order chi connectivity index (χ1) is 9.84. The molecule has 0 radical (unpaired) electrons. The summed E-state index contributed by atoms with van der Waals surface area (Å²) in [5, 5.41) is 12.9. The van der Waals surface area contributed by atoms with Crippen LogP contribution >= 0.6 is 0 Å². The van der Waals surface area contributed by atoms with Crippen LogP contribution < -0.4 is 10.1 Å². The second kappa shape index (κ2) is 8.00. The van der Waals surface area contributed by atoms with Crippen LogP contribution in [0.15, 0.2) is 30.3 Å². The van der Waals surface area contributed by atoms with E-state index in [-0.39, 0.29) is 12.5 Å². The van der Waals surface area contributed by atoms with Gasteiger partial charge >= 0.3 is 0 Å². The Balaban J connectivity index is 2.52. The standard InChI is InChI=1S/C16H26N2O3/c1-5-14(21-13-9-7-6-8-10-13)15(19)17-11-16(2,20)12-18(3)4/h6-10,14,20H,5,11-12H2,1-4H3,(H,17,19). The minimum Gasteiger partial charge on any atom is -0.481 e. The highest BCUT2D eigenvalue weighted by Gasteiger charge is 2.25. The number of nitrogens with one attached hydrogen (secondary N) is 1. The summed E-state index contributed by atoms with van der Waals surface area (Å²) in [7, 11) is 3.76. The van der Waals surface area contributed by atoms with Crippen molar-refractivity contribution in [1.82, 2.24) is 10.2 Å². The third-order valence-corrected chi connectivity index (χ3v) is 2.99. The van der Waals surface area contributed by atoms with Gasteiger partial charge in [0.25, 0.3) is 5.91 Å². The predicted octanol–water partition coefficient (Wildman–Crippen LogP) is 1.27. The van der Waals surface area contributed by atoms with Crippen molar-refractivity contribution >= 4 is 5.91 Å². The Morgan fingerprint density at radius 1 is 1.38 bits per heavy atom. The van der Waals surface area contributed by atoms with Gasteiger partial charge in [0, 0.05) is 13.1 Å². The minimum atomic E-state index is -0.968. The van der Waals surface area contributed by atoms with Gasteiger partial charge in [0.1, 0.15) is 5.75 Å². The van der Waals surface area contributed by atoms with Crippen molar-refractivity contribution < 1.29 is 14.6 Å². The summed E-state index contributed by atoms with van der Waals surface area (Å²) in [5.74, 6) is 0.458. The van der Waals surface area contributed by atoms with E-state index in [9.17, 15) is 9.90 Å². The monoisotopic (exact) mass is 294 g/mol. The Morgan fingerprint density at radius 2 is 2.00 bits per heavy atom. The van der Waals surface area contributed by atoms with E-state index in [1.165, 1.54) is 0 Å². The van der Waals surface area contributed by atoms with Gasteiger partial charge in [0.05, 0.1) is 5.60 Å². The minimum absolute atomic E-state index is 0.193. The number of nitrogens with zero attached hydrogens (tertiary/aromatic N) is 1. The molecule has 0 aliphatic heterocycles. The van der Waals surface area contributed by atoms with Crippen molar-refractivity contribution in [2.45, 2.75) is 32.0 Å². The number of likely N-dealkylation sites (N-methyl/N-ethyl adjacent to an activating group) is 1. The number of ether oxygens (including phenoxy) is 1. The smallest absolute Gasteiger partial charge is 0.261 e.